The van der Waals surface area contributed by atoms with Crippen molar-refractivity contribution in [2.45, 2.75) is 57.3 Å². The topological polar surface area (TPSA) is 57.3 Å². The van der Waals surface area contributed by atoms with Gasteiger partial charge in [0.25, 0.3) is 0 Å². The summed E-state index contributed by atoms with van der Waals surface area (Å²) in [5, 5.41) is 5.94. The Morgan fingerprint density at radius 2 is 1.96 bits per heavy atom. The van der Waals surface area contributed by atoms with Crippen molar-refractivity contribution in [2.75, 3.05) is 32.0 Å². The molecule has 2 amide bonds. The monoisotopic (exact) mass is 344 g/mol. The number of hydrogen-bond donors (Lipinski definition) is 2. The van der Waals surface area contributed by atoms with Crippen LogP contribution in [-0.4, -0.2) is 42.6 Å². The van der Waals surface area contributed by atoms with Gasteiger partial charge in [0, 0.05) is 24.7 Å². The van der Waals surface area contributed by atoms with E-state index in [1.54, 1.807) is 6.20 Å². The lowest BCUT2D eigenvalue weighted by Crippen LogP contribution is -2.36. The molecule has 1 aliphatic carbocycles. The van der Waals surface area contributed by atoms with E-state index in [2.05, 4.69) is 33.6 Å². The lowest BCUT2D eigenvalue weighted by molar-refractivity contribution is 0.246. The van der Waals surface area contributed by atoms with Crippen LogP contribution in [0.15, 0.2) is 18.3 Å². The van der Waals surface area contributed by atoms with E-state index in [-0.39, 0.29) is 6.03 Å². The van der Waals surface area contributed by atoms with Gasteiger partial charge in [-0.1, -0.05) is 25.7 Å². The molecule has 2 N–H and O–H groups in total. The molecule has 1 aromatic heterocycles. The van der Waals surface area contributed by atoms with Crippen LogP contribution in [0.4, 0.5) is 10.5 Å². The fraction of sp³-hybridized carbons (Fsp3) is 0.700. The summed E-state index contributed by atoms with van der Waals surface area (Å²) in [6, 6.07) is 3.93. The molecule has 1 aliphatic heterocycles. The molecular weight excluding hydrogens is 312 g/mol. The highest BCUT2D eigenvalue weighted by atomic mass is 16.2. The van der Waals surface area contributed by atoms with Crippen molar-refractivity contribution in [3.63, 3.8) is 0 Å². The highest BCUT2D eigenvalue weighted by molar-refractivity contribution is 5.88. The Labute approximate surface area is 151 Å². The number of nitrogens with one attached hydrogen (secondary N) is 2. The Morgan fingerprint density at radius 1 is 1.16 bits per heavy atom. The van der Waals surface area contributed by atoms with E-state index in [0.29, 0.717) is 11.8 Å². The molecule has 2 aliphatic rings. The number of urea groups is 1. The zero-order valence-corrected chi connectivity index (χ0v) is 15.5. The summed E-state index contributed by atoms with van der Waals surface area (Å²) in [6.07, 6.45) is 12.0. The molecule has 5 heteroatoms. The number of hydrogen-bond acceptors (Lipinski definition) is 3. The van der Waals surface area contributed by atoms with Crippen LogP contribution in [0.2, 0.25) is 0 Å². The molecule has 1 unspecified atom stereocenters. The molecule has 2 fully saturated rings. The van der Waals surface area contributed by atoms with Gasteiger partial charge in [0.05, 0.1) is 11.9 Å². The van der Waals surface area contributed by atoms with Crippen molar-refractivity contribution in [2.24, 2.45) is 5.92 Å². The molecule has 0 spiro atoms. The van der Waals surface area contributed by atoms with Gasteiger partial charge >= 0.3 is 6.03 Å². The summed E-state index contributed by atoms with van der Waals surface area (Å²) in [5.41, 5.74) is 1.95. The number of carbonyl (C=O) groups is 1. The van der Waals surface area contributed by atoms with Crippen LogP contribution in [0.25, 0.3) is 0 Å². The first-order valence-electron chi connectivity index (χ1n) is 9.90. The maximum atomic E-state index is 12.1. The Hall–Kier alpha value is -1.62. The zero-order chi connectivity index (χ0) is 17.5. The molecule has 0 bridgehead atoms. The van der Waals surface area contributed by atoms with Crippen LogP contribution in [0, 0.1) is 5.92 Å². The largest absolute Gasteiger partial charge is 0.338 e. The van der Waals surface area contributed by atoms with Crippen molar-refractivity contribution in [1.82, 2.24) is 15.2 Å². The minimum atomic E-state index is -0.126. The van der Waals surface area contributed by atoms with E-state index in [1.165, 1.54) is 63.6 Å². The Bertz CT molecular complexity index is 539. The van der Waals surface area contributed by atoms with E-state index in [4.69, 9.17) is 0 Å². The number of carbonyl (C=O) groups excluding carboxylic acids is 1. The second-order valence-electron chi connectivity index (χ2n) is 7.77. The van der Waals surface area contributed by atoms with Gasteiger partial charge in [-0.05, 0) is 57.3 Å². The predicted octanol–water partition coefficient (Wildman–Crippen LogP) is 3.98. The number of likely N-dealkylation sites (tertiary alicyclic amines) is 1. The Balaban J connectivity index is 1.44. The zero-order valence-electron chi connectivity index (χ0n) is 15.5. The summed E-state index contributed by atoms with van der Waals surface area (Å²) in [5.74, 6) is 1.15. The summed E-state index contributed by atoms with van der Waals surface area (Å²) < 4.78 is 0. The van der Waals surface area contributed by atoms with E-state index < -0.39 is 0 Å². The molecule has 1 atom stereocenters. The third-order valence-corrected chi connectivity index (χ3v) is 5.59. The molecular formula is C20H32N4O. The van der Waals surface area contributed by atoms with Gasteiger partial charge in [0.15, 0.2) is 0 Å². The van der Waals surface area contributed by atoms with Crippen molar-refractivity contribution in [3.8, 4) is 0 Å². The molecule has 0 radical (unpaired) electrons. The predicted molar refractivity (Wildman–Crippen MR) is 102 cm³/mol. The second-order valence-corrected chi connectivity index (χ2v) is 7.77. The van der Waals surface area contributed by atoms with Gasteiger partial charge in [0.1, 0.15) is 0 Å². The molecule has 138 valence electrons. The fourth-order valence-electron chi connectivity index (χ4n) is 4.14. The lowest BCUT2D eigenvalue weighted by atomic mass is 9.87. The standard InChI is InChI=1S/C20H32N4O/c1-24-12-6-5-7-16(15-24)13-22-20(25)23-18-10-11-19(21-14-18)17-8-3-2-4-9-17/h10-11,14,16-17H,2-9,12-13,15H2,1H3,(H2,22,23,25). The smallest absolute Gasteiger partial charge is 0.319 e. The van der Waals surface area contributed by atoms with Crippen LogP contribution >= 0.6 is 0 Å². The van der Waals surface area contributed by atoms with E-state index >= 15 is 0 Å². The Kier molecular flexibility index (Phi) is 6.68. The van der Waals surface area contributed by atoms with Crippen molar-refractivity contribution >= 4 is 11.7 Å². The van der Waals surface area contributed by atoms with Gasteiger partial charge in [-0.15, -0.1) is 0 Å². The maximum Gasteiger partial charge on any atom is 0.319 e. The SMILES string of the molecule is CN1CCCCC(CNC(=O)Nc2ccc(C3CCCCC3)nc2)C1. The molecule has 0 aromatic carbocycles. The molecule has 1 saturated heterocycles. The number of anilines is 1. The summed E-state index contributed by atoms with van der Waals surface area (Å²) in [4.78, 5) is 19.1. The summed E-state index contributed by atoms with van der Waals surface area (Å²) in [6.45, 7) is 2.98. The van der Waals surface area contributed by atoms with Crippen LogP contribution in [-0.2, 0) is 0 Å². The number of amides is 2. The number of aromatic nitrogens is 1. The summed E-state index contributed by atoms with van der Waals surface area (Å²) in [7, 11) is 2.16. The molecule has 3 rings (SSSR count). The van der Waals surface area contributed by atoms with E-state index in [9.17, 15) is 4.79 Å². The van der Waals surface area contributed by atoms with Gasteiger partial charge < -0.3 is 15.5 Å². The van der Waals surface area contributed by atoms with Gasteiger partial charge in [-0.2, -0.15) is 0 Å². The quantitative estimate of drug-likeness (QED) is 0.868. The first-order chi connectivity index (χ1) is 12.2. The number of rotatable bonds is 4. The normalized spacial score (nSPS) is 23.0. The Morgan fingerprint density at radius 3 is 2.72 bits per heavy atom. The first-order valence-corrected chi connectivity index (χ1v) is 9.90. The molecule has 25 heavy (non-hydrogen) atoms. The molecule has 2 heterocycles. The van der Waals surface area contributed by atoms with Crippen molar-refractivity contribution in [1.29, 1.82) is 0 Å². The van der Waals surface area contributed by atoms with Crippen LogP contribution in [0.5, 0.6) is 0 Å². The van der Waals surface area contributed by atoms with Gasteiger partial charge in [0.2, 0.25) is 0 Å². The maximum absolute atomic E-state index is 12.1. The number of pyridine rings is 1. The van der Waals surface area contributed by atoms with Crippen LogP contribution < -0.4 is 10.6 Å². The lowest BCUT2D eigenvalue weighted by Gasteiger charge is -2.21. The highest BCUT2D eigenvalue weighted by Crippen LogP contribution is 2.31. The third-order valence-electron chi connectivity index (χ3n) is 5.59. The summed E-state index contributed by atoms with van der Waals surface area (Å²) >= 11 is 0. The minimum absolute atomic E-state index is 0.126. The average Bonchev–Trinajstić information content (AvgIpc) is 2.85. The first kappa shape index (κ1) is 18.2. The minimum Gasteiger partial charge on any atom is -0.338 e. The molecule has 5 nitrogen and oxygen atoms in total. The van der Waals surface area contributed by atoms with E-state index in [0.717, 1.165) is 18.8 Å². The van der Waals surface area contributed by atoms with Crippen molar-refractivity contribution in [3.05, 3.63) is 24.0 Å². The van der Waals surface area contributed by atoms with Crippen LogP contribution in [0.3, 0.4) is 0 Å². The van der Waals surface area contributed by atoms with Gasteiger partial charge in [-0.3, -0.25) is 4.98 Å². The molecule has 1 saturated carbocycles. The second kappa shape index (κ2) is 9.18. The van der Waals surface area contributed by atoms with Gasteiger partial charge in [-0.25, -0.2) is 4.79 Å². The third kappa shape index (κ3) is 5.70. The highest BCUT2D eigenvalue weighted by Gasteiger charge is 2.18. The van der Waals surface area contributed by atoms with Crippen molar-refractivity contribution < 1.29 is 4.79 Å². The van der Waals surface area contributed by atoms with Crippen LogP contribution in [0.1, 0.15) is 63.0 Å². The number of nitrogens with zero attached hydrogens (tertiary/aromatic N) is 2. The molecule has 1 aromatic rings. The fourth-order valence-corrected chi connectivity index (χ4v) is 4.14. The average molecular weight is 345 g/mol. The van der Waals surface area contributed by atoms with E-state index in [1.807, 2.05) is 6.07 Å².